The highest BCUT2D eigenvalue weighted by Gasteiger charge is 2.22. The van der Waals surface area contributed by atoms with Gasteiger partial charge < -0.3 is 19.1 Å². The highest BCUT2D eigenvalue weighted by molar-refractivity contribution is 5.49. The van der Waals surface area contributed by atoms with Gasteiger partial charge in [0.1, 0.15) is 17.2 Å². The summed E-state index contributed by atoms with van der Waals surface area (Å²) in [5.41, 5.74) is 1.60. The van der Waals surface area contributed by atoms with E-state index in [1.807, 2.05) is 35.9 Å². The Morgan fingerprint density at radius 1 is 1.11 bits per heavy atom. The second kappa shape index (κ2) is 7.32. The van der Waals surface area contributed by atoms with Crippen molar-refractivity contribution in [3.63, 3.8) is 0 Å². The Morgan fingerprint density at radius 3 is 2.48 bits per heavy atom. The SMILES string of the molecule is COc1nc(Cc2ccc(-n3cnc(C)c3)c(OC)c2)nc(C(C)(C)O)n1. The van der Waals surface area contributed by atoms with E-state index in [9.17, 15) is 5.11 Å². The van der Waals surface area contributed by atoms with Crippen molar-refractivity contribution < 1.29 is 14.6 Å². The van der Waals surface area contributed by atoms with Crippen molar-refractivity contribution in [1.29, 1.82) is 0 Å². The Morgan fingerprint density at radius 2 is 1.89 bits per heavy atom. The average Bonchev–Trinajstić information content (AvgIpc) is 3.06. The number of methoxy groups -OCH3 is 2. The van der Waals surface area contributed by atoms with Crippen LogP contribution >= 0.6 is 0 Å². The topological polar surface area (TPSA) is 95.2 Å². The molecular formula is C19H23N5O3. The van der Waals surface area contributed by atoms with Gasteiger partial charge in [0.2, 0.25) is 0 Å². The zero-order chi connectivity index (χ0) is 19.6. The van der Waals surface area contributed by atoms with E-state index in [4.69, 9.17) is 9.47 Å². The molecule has 27 heavy (non-hydrogen) atoms. The minimum atomic E-state index is -1.19. The van der Waals surface area contributed by atoms with Crippen molar-refractivity contribution >= 4 is 0 Å². The van der Waals surface area contributed by atoms with Gasteiger partial charge in [0, 0.05) is 12.6 Å². The van der Waals surface area contributed by atoms with Gasteiger partial charge in [-0.25, -0.2) is 9.97 Å². The van der Waals surface area contributed by atoms with E-state index < -0.39 is 5.60 Å². The van der Waals surface area contributed by atoms with Crippen LogP contribution in [-0.4, -0.2) is 43.8 Å². The van der Waals surface area contributed by atoms with Crippen LogP contribution in [0.4, 0.5) is 0 Å². The molecule has 8 heteroatoms. The lowest BCUT2D eigenvalue weighted by Crippen LogP contribution is -2.21. The molecule has 0 bridgehead atoms. The van der Waals surface area contributed by atoms with Gasteiger partial charge in [-0.15, -0.1) is 0 Å². The maximum absolute atomic E-state index is 10.2. The van der Waals surface area contributed by atoms with Crippen LogP contribution in [0.5, 0.6) is 11.8 Å². The third-order valence-electron chi connectivity index (χ3n) is 3.99. The summed E-state index contributed by atoms with van der Waals surface area (Å²) in [5.74, 6) is 1.49. The number of aryl methyl sites for hydroxylation is 1. The maximum atomic E-state index is 10.2. The third kappa shape index (κ3) is 4.22. The minimum absolute atomic E-state index is 0.176. The van der Waals surface area contributed by atoms with Crippen LogP contribution in [0.1, 0.15) is 36.8 Å². The molecular weight excluding hydrogens is 346 g/mol. The molecule has 8 nitrogen and oxygen atoms in total. The average molecular weight is 369 g/mol. The van der Waals surface area contributed by atoms with Gasteiger partial charge in [0.15, 0.2) is 5.82 Å². The molecule has 0 unspecified atom stereocenters. The third-order valence-corrected chi connectivity index (χ3v) is 3.99. The molecule has 2 aromatic heterocycles. The molecule has 0 radical (unpaired) electrons. The Bertz CT molecular complexity index is 947. The molecule has 0 aliphatic heterocycles. The first-order valence-electron chi connectivity index (χ1n) is 8.50. The van der Waals surface area contributed by atoms with Crippen LogP contribution in [0.3, 0.4) is 0 Å². The van der Waals surface area contributed by atoms with Gasteiger partial charge in [0.25, 0.3) is 0 Å². The number of aromatic nitrogens is 5. The van der Waals surface area contributed by atoms with Crippen molar-refractivity contribution in [3.8, 4) is 17.4 Å². The van der Waals surface area contributed by atoms with Crippen molar-refractivity contribution in [1.82, 2.24) is 24.5 Å². The fraction of sp³-hybridized carbons (Fsp3) is 0.368. The Balaban J connectivity index is 1.94. The monoisotopic (exact) mass is 369 g/mol. The summed E-state index contributed by atoms with van der Waals surface area (Å²) in [5, 5.41) is 10.2. The molecule has 2 heterocycles. The van der Waals surface area contributed by atoms with E-state index in [0.29, 0.717) is 18.0 Å². The van der Waals surface area contributed by atoms with Gasteiger partial charge in [-0.3, -0.25) is 0 Å². The number of imidazole rings is 1. The number of rotatable bonds is 6. The number of nitrogens with zero attached hydrogens (tertiary/aromatic N) is 5. The van der Waals surface area contributed by atoms with Crippen molar-refractivity contribution in [2.24, 2.45) is 0 Å². The summed E-state index contributed by atoms with van der Waals surface area (Å²) < 4.78 is 12.6. The fourth-order valence-electron chi connectivity index (χ4n) is 2.62. The molecule has 0 amide bonds. The van der Waals surface area contributed by atoms with Crippen LogP contribution in [0.25, 0.3) is 5.69 Å². The number of ether oxygens (including phenoxy) is 2. The van der Waals surface area contributed by atoms with Crippen molar-refractivity contribution in [3.05, 3.63) is 53.6 Å². The van der Waals surface area contributed by atoms with E-state index in [2.05, 4.69) is 19.9 Å². The molecule has 3 rings (SSSR count). The van der Waals surface area contributed by atoms with Crippen LogP contribution in [-0.2, 0) is 12.0 Å². The first-order chi connectivity index (χ1) is 12.8. The summed E-state index contributed by atoms with van der Waals surface area (Å²) >= 11 is 0. The summed E-state index contributed by atoms with van der Waals surface area (Å²) in [6.07, 6.45) is 4.13. The van der Waals surface area contributed by atoms with Gasteiger partial charge in [-0.2, -0.15) is 9.97 Å². The zero-order valence-electron chi connectivity index (χ0n) is 16.1. The van der Waals surface area contributed by atoms with E-state index in [1.54, 1.807) is 27.3 Å². The molecule has 0 aliphatic rings. The molecule has 142 valence electrons. The number of hydrogen-bond donors (Lipinski definition) is 1. The smallest absolute Gasteiger partial charge is 0.319 e. The lowest BCUT2D eigenvalue weighted by Gasteiger charge is -2.16. The van der Waals surface area contributed by atoms with Gasteiger partial charge in [-0.1, -0.05) is 6.07 Å². The normalized spacial score (nSPS) is 11.5. The number of hydrogen-bond acceptors (Lipinski definition) is 7. The first kappa shape index (κ1) is 18.8. The highest BCUT2D eigenvalue weighted by Crippen LogP contribution is 2.26. The van der Waals surface area contributed by atoms with Crippen LogP contribution in [0, 0.1) is 6.92 Å². The second-order valence-electron chi connectivity index (χ2n) is 6.73. The zero-order valence-corrected chi connectivity index (χ0v) is 16.1. The number of benzene rings is 1. The van der Waals surface area contributed by atoms with Crippen LogP contribution < -0.4 is 9.47 Å². The summed E-state index contributed by atoms with van der Waals surface area (Å²) in [4.78, 5) is 17.0. The summed E-state index contributed by atoms with van der Waals surface area (Å²) in [7, 11) is 3.11. The molecule has 0 spiro atoms. The standard InChI is InChI=1S/C19H23N5O3/c1-12-10-24(11-20-12)14-7-6-13(8-15(14)26-4)9-16-21-17(19(2,3)25)23-18(22-16)27-5/h6-8,10-11,25H,9H2,1-5H3. The number of aliphatic hydroxyl groups is 1. The Kier molecular flexibility index (Phi) is 5.09. The van der Waals surface area contributed by atoms with E-state index in [1.165, 1.54) is 7.11 Å². The highest BCUT2D eigenvalue weighted by atomic mass is 16.5. The lowest BCUT2D eigenvalue weighted by atomic mass is 10.1. The van der Waals surface area contributed by atoms with Gasteiger partial charge in [-0.05, 0) is 38.5 Å². The van der Waals surface area contributed by atoms with Gasteiger partial charge >= 0.3 is 6.01 Å². The predicted molar refractivity (Wildman–Crippen MR) is 99.3 cm³/mol. The molecule has 0 aliphatic carbocycles. The Hall–Kier alpha value is -3.00. The first-order valence-corrected chi connectivity index (χ1v) is 8.50. The molecule has 3 aromatic rings. The summed E-state index contributed by atoms with van der Waals surface area (Å²) in [6.45, 7) is 5.18. The molecule has 1 aromatic carbocycles. The molecule has 0 fully saturated rings. The van der Waals surface area contributed by atoms with E-state index >= 15 is 0 Å². The molecule has 0 saturated heterocycles. The molecule has 0 atom stereocenters. The van der Waals surface area contributed by atoms with E-state index in [0.717, 1.165) is 16.9 Å². The quantitative estimate of drug-likeness (QED) is 0.712. The second-order valence-corrected chi connectivity index (χ2v) is 6.73. The maximum Gasteiger partial charge on any atom is 0.319 e. The predicted octanol–water partition coefficient (Wildman–Crippen LogP) is 2.20. The van der Waals surface area contributed by atoms with E-state index in [-0.39, 0.29) is 11.8 Å². The fourth-order valence-corrected chi connectivity index (χ4v) is 2.62. The van der Waals surface area contributed by atoms with Crippen LogP contribution in [0.2, 0.25) is 0 Å². The minimum Gasteiger partial charge on any atom is -0.495 e. The largest absolute Gasteiger partial charge is 0.495 e. The van der Waals surface area contributed by atoms with Crippen molar-refractivity contribution in [2.45, 2.75) is 32.8 Å². The Labute approximate surface area is 157 Å². The van der Waals surface area contributed by atoms with Crippen LogP contribution in [0.15, 0.2) is 30.7 Å². The molecule has 1 N–H and O–H groups in total. The molecule has 0 saturated carbocycles. The van der Waals surface area contributed by atoms with Crippen molar-refractivity contribution in [2.75, 3.05) is 14.2 Å². The van der Waals surface area contributed by atoms with Gasteiger partial charge in [0.05, 0.1) is 31.9 Å². The summed E-state index contributed by atoms with van der Waals surface area (Å²) in [6, 6.07) is 6.05. The lowest BCUT2D eigenvalue weighted by molar-refractivity contribution is 0.0671.